The van der Waals surface area contributed by atoms with Crippen molar-refractivity contribution in [1.29, 1.82) is 0 Å². The van der Waals surface area contributed by atoms with E-state index in [1.807, 2.05) is 51.1 Å². The number of nitrogen functional groups attached to an aromatic ring is 1. The molecule has 0 aliphatic heterocycles. The summed E-state index contributed by atoms with van der Waals surface area (Å²) in [6.07, 6.45) is 0.341. The Bertz CT molecular complexity index is 651. The molecule has 0 aliphatic rings. The van der Waals surface area contributed by atoms with Crippen molar-refractivity contribution in [3.63, 3.8) is 0 Å². The Morgan fingerprint density at radius 1 is 1.12 bits per heavy atom. The summed E-state index contributed by atoms with van der Waals surface area (Å²) < 4.78 is 5.86. The molecule has 0 saturated heterocycles. The Balaban J connectivity index is 0.00000288. The standard InChI is InChI=1S/C19H24N2O2.ClH/c1-13-5-4-6-14(2)19(13)23-12-15(3)21-18(22)11-16-7-9-17(20)10-8-16;/h4-10,15H,11-12,20H2,1-3H3,(H,21,22);1H. The Morgan fingerprint density at radius 3 is 2.29 bits per heavy atom. The SMILES string of the molecule is Cc1cccc(C)c1OCC(C)NC(=O)Cc1ccc(N)cc1.Cl. The molecule has 0 heterocycles. The molecule has 0 radical (unpaired) electrons. The molecule has 130 valence electrons. The van der Waals surface area contributed by atoms with Crippen molar-refractivity contribution < 1.29 is 9.53 Å². The van der Waals surface area contributed by atoms with Gasteiger partial charge in [0, 0.05) is 5.69 Å². The molecule has 2 aromatic carbocycles. The minimum Gasteiger partial charge on any atom is -0.491 e. The number of rotatable bonds is 6. The molecule has 0 aliphatic carbocycles. The van der Waals surface area contributed by atoms with Crippen molar-refractivity contribution in [3.05, 3.63) is 59.2 Å². The second-order valence-electron chi connectivity index (χ2n) is 5.92. The summed E-state index contributed by atoms with van der Waals surface area (Å²) in [7, 11) is 0. The fourth-order valence-electron chi connectivity index (χ4n) is 2.42. The molecule has 4 nitrogen and oxygen atoms in total. The van der Waals surface area contributed by atoms with E-state index in [0.717, 1.165) is 22.4 Å². The lowest BCUT2D eigenvalue weighted by Gasteiger charge is -2.17. The average molecular weight is 349 g/mol. The van der Waals surface area contributed by atoms with Crippen LogP contribution >= 0.6 is 12.4 Å². The van der Waals surface area contributed by atoms with Gasteiger partial charge in [0.15, 0.2) is 0 Å². The van der Waals surface area contributed by atoms with Crippen molar-refractivity contribution in [2.75, 3.05) is 12.3 Å². The van der Waals surface area contributed by atoms with Gasteiger partial charge >= 0.3 is 0 Å². The lowest BCUT2D eigenvalue weighted by Crippen LogP contribution is -2.37. The van der Waals surface area contributed by atoms with E-state index in [1.165, 1.54) is 0 Å². The molecule has 0 saturated carbocycles. The highest BCUT2D eigenvalue weighted by Crippen LogP contribution is 2.22. The van der Waals surface area contributed by atoms with E-state index in [9.17, 15) is 4.79 Å². The number of carbonyl (C=O) groups is 1. The second-order valence-corrected chi connectivity index (χ2v) is 5.92. The number of hydrogen-bond donors (Lipinski definition) is 2. The van der Waals surface area contributed by atoms with Crippen molar-refractivity contribution in [2.24, 2.45) is 0 Å². The summed E-state index contributed by atoms with van der Waals surface area (Å²) in [5.41, 5.74) is 9.49. The van der Waals surface area contributed by atoms with Gasteiger partial charge < -0.3 is 15.8 Å². The Labute approximate surface area is 149 Å². The Morgan fingerprint density at radius 2 is 1.71 bits per heavy atom. The van der Waals surface area contributed by atoms with Crippen molar-refractivity contribution in [2.45, 2.75) is 33.2 Å². The van der Waals surface area contributed by atoms with Crippen LogP contribution in [0.15, 0.2) is 42.5 Å². The van der Waals surface area contributed by atoms with E-state index in [1.54, 1.807) is 12.1 Å². The monoisotopic (exact) mass is 348 g/mol. The average Bonchev–Trinajstić information content (AvgIpc) is 2.49. The zero-order valence-corrected chi connectivity index (χ0v) is 15.2. The molecule has 0 aromatic heterocycles. The van der Waals surface area contributed by atoms with Gasteiger partial charge in [-0.25, -0.2) is 0 Å². The van der Waals surface area contributed by atoms with Gasteiger partial charge in [-0.2, -0.15) is 0 Å². The van der Waals surface area contributed by atoms with E-state index in [2.05, 4.69) is 5.32 Å². The maximum Gasteiger partial charge on any atom is 0.224 e. The van der Waals surface area contributed by atoms with Gasteiger partial charge in [-0.3, -0.25) is 4.79 Å². The number of nitrogens with two attached hydrogens (primary N) is 1. The summed E-state index contributed by atoms with van der Waals surface area (Å²) in [6.45, 7) is 6.42. The normalized spacial score (nSPS) is 11.3. The number of anilines is 1. The quantitative estimate of drug-likeness (QED) is 0.786. The summed E-state index contributed by atoms with van der Waals surface area (Å²) >= 11 is 0. The molecule has 0 bridgehead atoms. The van der Waals surface area contributed by atoms with Crippen LogP contribution in [0.4, 0.5) is 5.69 Å². The molecule has 1 atom stereocenters. The maximum absolute atomic E-state index is 12.1. The highest BCUT2D eigenvalue weighted by Gasteiger charge is 2.10. The lowest BCUT2D eigenvalue weighted by molar-refractivity contribution is -0.121. The van der Waals surface area contributed by atoms with Crippen LogP contribution in [0.25, 0.3) is 0 Å². The predicted octanol–water partition coefficient (Wildman–Crippen LogP) is 3.43. The third-order valence-corrected chi connectivity index (χ3v) is 3.64. The fourth-order valence-corrected chi connectivity index (χ4v) is 2.42. The molecule has 2 rings (SSSR count). The first-order valence-electron chi connectivity index (χ1n) is 7.78. The van der Waals surface area contributed by atoms with Gasteiger partial charge in [-0.15, -0.1) is 12.4 Å². The van der Waals surface area contributed by atoms with Crippen LogP contribution in [0.3, 0.4) is 0 Å². The topological polar surface area (TPSA) is 64.3 Å². The summed E-state index contributed by atoms with van der Waals surface area (Å²) in [5, 5.41) is 2.96. The highest BCUT2D eigenvalue weighted by molar-refractivity contribution is 5.85. The number of ether oxygens (including phenoxy) is 1. The zero-order valence-electron chi connectivity index (χ0n) is 14.3. The minimum atomic E-state index is -0.0599. The number of carbonyl (C=O) groups excluding carboxylic acids is 1. The third-order valence-electron chi connectivity index (χ3n) is 3.64. The first-order chi connectivity index (χ1) is 11.0. The number of hydrogen-bond acceptors (Lipinski definition) is 3. The van der Waals surface area contributed by atoms with Crippen LogP contribution in [0.5, 0.6) is 5.75 Å². The van der Waals surface area contributed by atoms with Crippen LogP contribution in [-0.4, -0.2) is 18.6 Å². The van der Waals surface area contributed by atoms with E-state index in [-0.39, 0.29) is 24.4 Å². The largest absolute Gasteiger partial charge is 0.491 e. The number of halogens is 1. The number of benzene rings is 2. The van der Waals surface area contributed by atoms with E-state index >= 15 is 0 Å². The van der Waals surface area contributed by atoms with Crippen LogP contribution in [0, 0.1) is 13.8 Å². The smallest absolute Gasteiger partial charge is 0.224 e. The molecular weight excluding hydrogens is 324 g/mol. The molecule has 3 N–H and O–H groups in total. The number of amides is 1. The van der Waals surface area contributed by atoms with Crippen LogP contribution in [-0.2, 0) is 11.2 Å². The number of para-hydroxylation sites is 1. The van der Waals surface area contributed by atoms with Gasteiger partial charge in [0.05, 0.1) is 12.5 Å². The van der Waals surface area contributed by atoms with Crippen molar-refractivity contribution >= 4 is 24.0 Å². The molecular formula is C19H25ClN2O2. The molecule has 5 heteroatoms. The van der Waals surface area contributed by atoms with Gasteiger partial charge in [0.1, 0.15) is 12.4 Å². The second kappa shape index (κ2) is 9.18. The fraction of sp³-hybridized carbons (Fsp3) is 0.316. The van der Waals surface area contributed by atoms with Gasteiger partial charge in [-0.05, 0) is 49.6 Å². The van der Waals surface area contributed by atoms with Crippen LogP contribution in [0.1, 0.15) is 23.6 Å². The Kier molecular flexibility index (Phi) is 7.59. The molecule has 24 heavy (non-hydrogen) atoms. The first-order valence-corrected chi connectivity index (χ1v) is 7.78. The summed E-state index contributed by atoms with van der Waals surface area (Å²) in [6, 6.07) is 13.3. The van der Waals surface area contributed by atoms with E-state index < -0.39 is 0 Å². The van der Waals surface area contributed by atoms with Crippen LogP contribution in [0.2, 0.25) is 0 Å². The Hall–Kier alpha value is -2.20. The molecule has 0 spiro atoms. The van der Waals surface area contributed by atoms with Crippen LogP contribution < -0.4 is 15.8 Å². The molecule has 0 fully saturated rings. The van der Waals surface area contributed by atoms with E-state index in [0.29, 0.717) is 18.7 Å². The van der Waals surface area contributed by atoms with Crippen molar-refractivity contribution in [3.8, 4) is 5.75 Å². The minimum absolute atomic E-state index is 0. The van der Waals surface area contributed by atoms with Gasteiger partial charge in [0.25, 0.3) is 0 Å². The molecule has 1 amide bonds. The molecule has 2 aromatic rings. The number of aryl methyl sites for hydroxylation is 2. The summed E-state index contributed by atoms with van der Waals surface area (Å²) in [5.74, 6) is 0.875. The number of nitrogens with one attached hydrogen (secondary N) is 1. The molecule has 1 unspecified atom stereocenters. The first kappa shape index (κ1) is 19.8. The third kappa shape index (κ3) is 5.78. The highest BCUT2D eigenvalue weighted by atomic mass is 35.5. The van der Waals surface area contributed by atoms with Crippen molar-refractivity contribution in [1.82, 2.24) is 5.32 Å². The lowest BCUT2D eigenvalue weighted by atomic mass is 10.1. The van der Waals surface area contributed by atoms with Gasteiger partial charge in [-0.1, -0.05) is 30.3 Å². The maximum atomic E-state index is 12.1. The van der Waals surface area contributed by atoms with Gasteiger partial charge in [0.2, 0.25) is 5.91 Å². The zero-order chi connectivity index (χ0) is 16.8. The summed E-state index contributed by atoms with van der Waals surface area (Å²) in [4.78, 5) is 12.1. The van der Waals surface area contributed by atoms with E-state index in [4.69, 9.17) is 10.5 Å². The predicted molar refractivity (Wildman–Crippen MR) is 101 cm³/mol.